The van der Waals surface area contributed by atoms with E-state index in [0.29, 0.717) is 35.5 Å². The number of halogens is 3. The number of carbonyl (C=O) groups excluding carboxylic acids is 1. The Morgan fingerprint density at radius 2 is 1.95 bits per heavy atom. The van der Waals surface area contributed by atoms with Gasteiger partial charge in [0.05, 0.1) is 5.69 Å². The lowest BCUT2D eigenvalue weighted by Gasteiger charge is -2.30. The Balaban J connectivity index is 2.05. The fourth-order valence-corrected chi connectivity index (χ4v) is 2.97. The Morgan fingerprint density at radius 1 is 1.18 bits per heavy atom. The van der Waals surface area contributed by atoms with E-state index < -0.39 is 17.5 Å². The second-order valence-corrected chi connectivity index (χ2v) is 5.79. The van der Waals surface area contributed by atoms with E-state index >= 15 is 0 Å². The smallest absolute Gasteiger partial charge is 0.258 e. The molecule has 5 heteroatoms. The number of carbonyl (C=O) groups is 1. The molecule has 0 N–H and O–H groups in total. The van der Waals surface area contributed by atoms with Crippen LogP contribution in [0.4, 0.5) is 14.5 Å². The van der Waals surface area contributed by atoms with Crippen LogP contribution in [0.25, 0.3) is 0 Å². The van der Waals surface area contributed by atoms with Gasteiger partial charge in [0, 0.05) is 17.1 Å². The van der Waals surface area contributed by atoms with Crippen molar-refractivity contribution >= 4 is 23.2 Å². The SMILES string of the molecule is Cc1ccc(C(=O)N2CCCc3c(Cl)ccc(F)c32)cc1F. The monoisotopic (exact) mass is 321 g/mol. The van der Waals surface area contributed by atoms with Crippen LogP contribution in [0.2, 0.25) is 5.02 Å². The number of anilines is 1. The van der Waals surface area contributed by atoms with Crippen LogP contribution in [0.5, 0.6) is 0 Å². The molecule has 0 saturated heterocycles. The fraction of sp³-hybridized carbons (Fsp3) is 0.235. The van der Waals surface area contributed by atoms with E-state index in [9.17, 15) is 13.6 Å². The van der Waals surface area contributed by atoms with Gasteiger partial charge in [0.15, 0.2) is 0 Å². The van der Waals surface area contributed by atoms with E-state index in [4.69, 9.17) is 11.6 Å². The quantitative estimate of drug-likeness (QED) is 0.756. The van der Waals surface area contributed by atoms with Gasteiger partial charge < -0.3 is 4.90 Å². The third kappa shape index (κ3) is 2.48. The van der Waals surface area contributed by atoms with Gasteiger partial charge in [0.1, 0.15) is 11.6 Å². The highest BCUT2D eigenvalue weighted by Gasteiger charge is 2.28. The van der Waals surface area contributed by atoms with Crippen molar-refractivity contribution in [1.82, 2.24) is 0 Å². The molecule has 3 rings (SSSR count). The van der Waals surface area contributed by atoms with Gasteiger partial charge >= 0.3 is 0 Å². The van der Waals surface area contributed by atoms with Gasteiger partial charge in [-0.1, -0.05) is 17.7 Å². The summed E-state index contributed by atoms with van der Waals surface area (Å²) in [5.74, 6) is -1.35. The summed E-state index contributed by atoms with van der Waals surface area (Å²) in [5, 5.41) is 0.448. The molecule has 0 fully saturated rings. The zero-order valence-electron chi connectivity index (χ0n) is 12.0. The van der Waals surface area contributed by atoms with Crippen molar-refractivity contribution in [2.24, 2.45) is 0 Å². The summed E-state index contributed by atoms with van der Waals surface area (Å²) in [5.41, 5.74) is 1.51. The van der Waals surface area contributed by atoms with Crippen LogP contribution in [0, 0.1) is 18.6 Å². The Labute approximate surface area is 132 Å². The van der Waals surface area contributed by atoms with Gasteiger partial charge in [-0.05, 0) is 55.2 Å². The molecule has 0 bridgehead atoms. The third-order valence-corrected chi connectivity index (χ3v) is 4.27. The molecule has 1 aliphatic heterocycles. The van der Waals surface area contributed by atoms with Crippen LogP contribution >= 0.6 is 11.6 Å². The molecular weight excluding hydrogens is 308 g/mol. The molecule has 2 aromatic carbocycles. The molecule has 2 nitrogen and oxygen atoms in total. The summed E-state index contributed by atoms with van der Waals surface area (Å²) in [7, 11) is 0. The van der Waals surface area contributed by atoms with Crippen molar-refractivity contribution in [2.45, 2.75) is 19.8 Å². The zero-order valence-corrected chi connectivity index (χ0v) is 12.8. The van der Waals surface area contributed by atoms with Crippen molar-refractivity contribution in [3.05, 3.63) is 63.7 Å². The summed E-state index contributed by atoms with van der Waals surface area (Å²) in [6, 6.07) is 7.03. The van der Waals surface area contributed by atoms with Gasteiger partial charge in [-0.2, -0.15) is 0 Å². The lowest BCUT2D eigenvalue weighted by molar-refractivity contribution is 0.0983. The molecular formula is C17H14ClF2NO. The fourth-order valence-electron chi connectivity index (χ4n) is 2.72. The second kappa shape index (κ2) is 5.69. The molecule has 1 amide bonds. The first-order chi connectivity index (χ1) is 10.5. The molecule has 1 heterocycles. The first-order valence-corrected chi connectivity index (χ1v) is 7.41. The maximum atomic E-state index is 14.2. The predicted molar refractivity (Wildman–Crippen MR) is 82.5 cm³/mol. The molecule has 1 aliphatic rings. The lowest BCUT2D eigenvalue weighted by atomic mass is 10.00. The minimum absolute atomic E-state index is 0.204. The first kappa shape index (κ1) is 15.0. The minimum Gasteiger partial charge on any atom is -0.305 e. The van der Waals surface area contributed by atoms with Crippen molar-refractivity contribution in [3.63, 3.8) is 0 Å². The van der Waals surface area contributed by atoms with Crippen LogP contribution in [0.15, 0.2) is 30.3 Å². The molecule has 114 valence electrons. The Hall–Kier alpha value is -1.94. The van der Waals surface area contributed by atoms with E-state index in [1.165, 1.54) is 23.1 Å². The minimum atomic E-state index is -0.486. The predicted octanol–water partition coefficient (Wildman–Crippen LogP) is 4.52. The normalized spacial score (nSPS) is 13.9. The number of amides is 1. The molecule has 0 spiro atoms. The van der Waals surface area contributed by atoms with Crippen molar-refractivity contribution in [2.75, 3.05) is 11.4 Å². The molecule has 0 radical (unpaired) electrons. The summed E-state index contributed by atoms with van der Waals surface area (Å²) >= 11 is 6.11. The van der Waals surface area contributed by atoms with Crippen LogP contribution in [-0.4, -0.2) is 12.5 Å². The van der Waals surface area contributed by atoms with E-state index in [-0.39, 0.29) is 11.3 Å². The number of rotatable bonds is 1. The number of hydrogen-bond donors (Lipinski definition) is 0. The maximum absolute atomic E-state index is 14.2. The van der Waals surface area contributed by atoms with Crippen molar-refractivity contribution < 1.29 is 13.6 Å². The highest BCUT2D eigenvalue weighted by atomic mass is 35.5. The molecule has 2 aromatic rings. The van der Waals surface area contributed by atoms with Crippen LogP contribution < -0.4 is 4.90 Å². The highest BCUT2D eigenvalue weighted by molar-refractivity contribution is 6.32. The summed E-state index contributed by atoms with van der Waals surface area (Å²) in [4.78, 5) is 14.0. The number of hydrogen-bond acceptors (Lipinski definition) is 1. The van der Waals surface area contributed by atoms with Crippen molar-refractivity contribution in [3.8, 4) is 0 Å². The molecule has 22 heavy (non-hydrogen) atoms. The average molecular weight is 322 g/mol. The third-order valence-electron chi connectivity index (χ3n) is 3.92. The van der Waals surface area contributed by atoms with Gasteiger partial charge in [0.25, 0.3) is 5.91 Å². The standard InChI is InChI=1S/C17H14ClF2NO/c1-10-4-5-11(9-15(10)20)17(22)21-8-2-3-12-13(18)6-7-14(19)16(12)21/h4-7,9H,2-3,8H2,1H3. The van der Waals surface area contributed by atoms with Crippen LogP contribution in [0.1, 0.15) is 27.9 Å². The molecule has 0 saturated carbocycles. The molecule has 0 aromatic heterocycles. The maximum Gasteiger partial charge on any atom is 0.258 e. The Morgan fingerprint density at radius 3 is 2.68 bits per heavy atom. The average Bonchev–Trinajstić information content (AvgIpc) is 2.52. The largest absolute Gasteiger partial charge is 0.305 e. The molecule has 0 unspecified atom stereocenters. The topological polar surface area (TPSA) is 20.3 Å². The van der Waals surface area contributed by atoms with E-state index in [1.54, 1.807) is 19.1 Å². The number of benzene rings is 2. The first-order valence-electron chi connectivity index (χ1n) is 7.04. The van der Waals surface area contributed by atoms with E-state index in [1.807, 2.05) is 0 Å². The molecule has 0 aliphatic carbocycles. The summed E-state index contributed by atoms with van der Waals surface area (Å²) in [6.07, 6.45) is 1.31. The molecule has 0 atom stereocenters. The Bertz CT molecular complexity index is 761. The van der Waals surface area contributed by atoms with Gasteiger partial charge in [0.2, 0.25) is 0 Å². The number of nitrogens with zero attached hydrogens (tertiary/aromatic N) is 1. The van der Waals surface area contributed by atoms with Gasteiger partial charge in [-0.25, -0.2) is 8.78 Å². The number of aryl methyl sites for hydroxylation is 1. The highest BCUT2D eigenvalue weighted by Crippen LogP contribution is 2.35. The van der Waals surface area contributed by atoms with Crippen LogP contribution in [-0.2, 0) is 6.42 Å². The summed E-state index contributed by atoms with van der Waals surface area (Å²) in [6.45, 7) is 2.01. The number of fused-ring (bicyclic) bond motifs is 1. The van der Waals surface area contributed by atoms with Gasteiger partial charge in [-0.15, -0.1) is 0 Å². The van der Waals surface area contributed by atoms with Crippen LogP contribution in [0.3, 0.4) is 0 Å². The van der Waals surface area contributed by atoms with E-state index in [2.05, 4.69) is 0 Å². The zero-order chi connectivity index (χ0) is 15.9. The second-order valence-electron chi connectivity index (χ2n) is 5.38. The Kier molecular flexibility index (Phi) is 3.87. The van der Waals surface area contributed by atoms with Gasteiger partial charge in [-0.3, -0.25) is 4.79 Å². The van der Waals surface area contributed by atoms with E-state index in [0.717, 1.165) is 0 Å². The van der Waals surface area contributed by atoms with Crippen molar-refractivity contribution in [1.29, 1.82) is 0 Å². The summed E-state index contributed by atoms with van der Waals surface area (Å²) < 4.78 is 27.9. The lowest BCUT2D eigenvalue weighted by Crippen LogP contribution is -2.36.